The molecule has 2 aromatic carbocycles. The molecule has 0 fully saturated rings. The van der Waals surface area contributed by atoms with E-state index in [2.05, 4.69) is 21.4 Å². The fraction of sp³-hybridized carbons (Fsp3) is 0.190. The molecule has 0 radical (unpaired) electrons. The summed E-state index contributed by atoms with van der Waals surface area (Å²) >= 11 is 6.05. The maximum Gasteiger partial charge on any atom is 0.278 e. The van der Waals surface area contributed by atoms with E-state index >= 15 is 0 Å². The Bertz CT molecular complexity index is 1020. The number of fused-ring (bicyclic) bond motifs is 1. The van der Waals surface area contributed by atoms with Crippen LogP contribution in [0.1, 0.15) is 23.0 Å². The van der Waals surface area contributed by atoms with Crippen LogP contribution in [0.25, 0.3) is 0 Å². The third-order valence-electron chi connectivity index (χ3n) is 4.72. The Morgan fingerprint density at radius 3 is 2.79 bits per heavy atom. The molecule has 2 heterocycles. The SMILES string of the molecule is COc1ccc(Cl)cc1Nc1cnc(C(=O)N2c3ccccc3CC2C)cn1. The first-order valence-corrected chi connectivity index (χ1v) is 9.28. The van der Waals surface area contributed by atoms with E-state index in [1.807, 2.05) is 25.1 Å². The minimum absolute atomic E-state index is 0.0835. The Kier molecular flexibility index (Phi) is 4.88. The number of hydrogen-bond donors (Lipinski definition) is 1. The second kappa shape index (κ2) is 7.48. The first kappa shape index (κ1) is 18.3. The molecule has 1 aliphatic heterocycles. The van der Waals surface area contributed by atoms with E-state index in [1.54, 1.807) is 30.2 Å². The molecule has 0 saturated carbocycles. The van der Waals surface area contributed by atoms with Crippen molar-refractivity contribution in [2.24, 2.45) is 0 Å². The molecular formula is C21H19ClN4O2. The van der Waals surface area contributed by atoms with Crippen molar-refractivity contribution >= 4 is 34.7 Å². The number of para-hydroxylation sites is 1. The minimum atomic E-state index is -0.156. The number of carbonyl (C=O) groups excluding carboxylic acids is 1. The molecule has 0 aliphatic carbocycles. The van der Waals surface area contributed by atoms with Gasteiger partial charge < -0.3 is 15.0 Å². The Morgan fingerprint density at radius 2 is 2.04 bits per heavy atom. The van der Waals surface area contributed by atoms with Gasteiger partial charge in [-0.05, 0) is 43.2 Å². The normalized spacial score (nSPS) is 15.2. The van der Waals surface area contributed by atoms with Gasteiger partial charge in [-0.15, -0.1) is 0 Å². The quantitative estimate of drug-likeness (QED) is 0.707. The number of anilines is 3. The van der Waals surface area contributed by atoms with Crippen molar-refractivity contribution in [2.45, 2.75) is 19.4 Å². The number of aromatic nitrogens is 2. The predicted octanol–water partition coefficient (Wildman–Crippen LogP) is 4.47. The standard InChI is InChI=1S/C21H19ClN4O2/c1-13-9-14-5-3-4-6-18(14)26(13)21(27)17-11-24-20(12-23-17)25-16-10-15(22)7-8-19(16)28-2/h3-8,10-13H,9H2,1-2H3,(H,24,25). The van der Waals surface area contributed by atoms with E-state index in [9.17, 15) is 4.79 Å². The molecule has 28 heavy (non-hydrogen) atoms. The Hall–Kier alpha value is -3.12. The van der Waals surface area contributed by atoms with E-state index in [0.717, 1.165) is 12.1 Å². The highest BCUT2D eigenvalue weighted by molar-refractivity contribution is 6.31. The van der Waals surface area contributed by atoms with Crippen LogP contribution in [-0.2, 0) is 6.42 Å². The summed E-state index contributed by atoms with van der Waals surface area (Å²) in [4.78, 5) is 23.4. The molecule has 7 heteroatoms. The zero-order chi connectivity index (χ0) is 19.7. The van der Waals surface area contributed by atoms with Gasteiger partial charge in [0.2, 0.25) is 0 Å². The number of rotatable bonds is 4. The summed E-state index contributed by atoms with van der Waals surface area (Å²) in [5, 5.41) is 3.69. The monoisotopic (exact) mass is 394 g/mol. The van der Waals surface area contributed by atoms with Crippen molar-refractivity contribution in [3.05, 3.63) is 71.1 Å². The summed E-state index contributed by atoms with van der Waals surface area (Å²) in [6.07, 6.45) is 3.85. The van der Waals surface area contributed by atoms with Crippen LogP contribution in [0.2, 0.25) is 5.02 Å². The van der Waals surface area contributed by atoms with Gasteiger partial charge in [-0.2, -0.15) is 0 Å². The molecule has 1 aromatic heterocycles. The molecule has 1 atom stereocenters. The lowest BCUT2D eigenvalue weighted by Crippen LogP contribution is -2.36. The third kappa shape index (κ3) is 3.39. The Balaban J connectivity index is 1.56. The van der Waals surface area contributed by atoms with Crippen molar-refractivity contribution < 1.29 is 9.53 Å². The number of methoxy groups -OCH3 is 1. The van der Waals surface area contributed by atoms with Crippen LogP contribution < -0.4 is 15.0 Å². The van der Waals surface area contributed by atoms with Crippen LogP contribution in [-0.4, -0.2) is 29.0 Å². The molecule has 0 saturated heterocycles. The van der Waals surface area contributed by atoms with Crippen LogP contribution >= 0.6 is 11.6 Å². The minimum Gasteiger partial charge on any atom is -0.495 e. The summed E-state index contributed by atoms with van der Waals surface area (Å²) in [5.41, 5.74) is 3.08. The highest BCUT2D eigenvalue weighted by Gasteiger charge is 2.31. The summed E-state index contributed by atoms with van der Waals surface area (Å²) in [5.74, 6) is 0.970. The fourth-order valence-corrected chi connectivity index (χ4v) is 3.59. The topological polar surface area (TPSA) is 67.3 Å². The maximum atomic E-state index is 13.0. The molecule has 1 N–H and O–H groups in total. The lowest BCUT2D eigenvalue weighted by molar-refractivity contribution is 0.0976. The molecular weight excluding hydrogens is 376 g/mol. The number of nitrogens with zero attached hydrogens (tertiary/aromatic N) is 3. The number of hydrogen-bond acceptors (Lipinski definition) is 5. The Labute approximate surface area is 168 Å². The lowest BCUT2D eigenvalue weighted by atomic mass is 10.1. The molecule has 142 valence electrons. The summed E-state index contributed by atoms with van der Waals surface area (Å²) < 4.78 is 5.32. The number of halogens is 1. The number of carbonyl (C=O) groups is 1. The smallest absolute Gasteiger partial charge is 0.278 e. The van der Waals surface area contributed by atoms with Gasteiger partial charge in [0.1, 0.15) is 17.3 Å². The fourth-order valence-electron chi connectivity index (χ4n) is 3.42. The molecule has 1 unspecified atom stereocenters. The van der Waals surface area contributed by atoms with Gasteiger partial charge in [-0.3, -0.25) is 4.79 Å². The summed E-state index contributed by atoms with van der Waals surface area (Å²) in [6.45, 7) is 2.03. The second-order valence-electron chi connectivity index (χ2n) is 6.61. The van der Waals surface area contributed by atoms with Gasteiger partial charge in [0.25, 0.3) is 5.91 Å². The van der Waals surface area contributed by atoms with Gasteiger partial charge in [-0.1, -0.05) is 29.8 Å². The van der Waals surface area contributed by atoms with Crippen LogP contribution in [0.4, 0.5) is 17.2 Å². The zero-order valence-corrected chi connectivity index (χ0v) is 16.3. The first-order valence-electron chi connectivity index (χ1n) is 8.91. The van der Waals surface area contributed by atoms with E-state index in [1.165, 1.54) is 18.0 Å². The van der Waals surface area contributed by atoms with Gasteiger partial charge in [-0.25, -0.2) is 9.97 Å². The van der Waals surface area contributed by atoms with E-state index in [0.29, 0.717) is 28.0 Å². The van der Waals surface area contributed by atoms with Crippen LogP contribution in [0.3, 0.4) is 0 Å². The molecule has 1 amide bonds. The molecule has 3 aromatic rings. The zero-order valence-electron chi connectivity index (χ0n) is 15.5. The van der Waals surface area contributed by atoms with Crippen molar-refractivity contribution in [2.75, 3.05) is 17.3 Å². The third-order valence-corrected chi connectivity index (χ3v) is 4.96. The second-order valence-corrected chi connectivity index (χ2v) is 7.05. The largest absolute Gasteiger partial charge is 0.495 e. The molecule has 0 bridgehead atoms. The Morgan fingerprint density at radius 1 is 1.21 bits per heavy atom. The lowest BCUT2D eigenvalue weighted by Gasteiger charge is -2.22. The van der Waals surface area contributed by atoms with Gasteiger partial charge in [0.15, 0.2) is 0 Å². The molecule has 1 aliphatic rings. The van der Waals surface area contributed by atoms with Gasteiger partial charge >= 0.3 is 0 Å². The maximum absolute atomic E-state index is 13.0. The highest BCUT2D eigenvalue weighted by Crippen LogP contribution is 2.33. The number of benzene rings is 2. The summed E-state index contributed by atoms with van der Waals surface area (Å²) in [6, 6.07) is 13.3. The van der Waals surface area contributed by atoms with Crippen molar-refractivity contribution in [3.63, 3.8) is 0 Å². The van der Waals surface area contributed by atoms with Gasteiger partial charge in [0, 0.05) is 16.8 Å². The van der Waals surface area contributed by atoms with Crippen LogP contribution in [0.5, 0.6) is 5.75 Å². The molecule has 4 rings (SSSR count). The average molecular weight is 395 g/mol. The molecule has 0 spiro atoms. The van der Waals surface area contributed by atoms with Crippen LogP contribution in [0, 0.1) is 0 Å². The number of nitrogens with one attached hydrogen (secondary N) is 1. The highest BCUT2D eigenvalue weighted by atomic mass is 35.5. The van der Waals surface area contributed by atoms with E-state index in [4.69, 9.17) is 16.3 Å². The van der Waals surface area contributed by atoms with Crippen molar-refractivity contribution in [1.82, 2.24) is 9.97 Å². The first-order chi connectivity index (χ1) is 13.6. The molecule has 6 nitrogen and oxygen atoms in total. The number of ether oxygens (including phenoxy) is 1. The van der Waals surface area contributed by atoms with Crippen molar-refractivity contribution in [3.8, 4) is 5.75 Å². The average Bonchev–Trinajstić information content (AvgIpc) is 3.04. The predicted molar refractivity (Wildman–Crippen MR) is 110 cm³/mol. The van der Waals surface area contributed by atoms with E-state index in [-0.39, 0.29) is 11.9 Å². The number of amides is 1. The van der Waals surface area contributed by atoms with Gasteiger partial charge in [0.05, 0.1) is 25.2 Å². The van der Waals surface area contributed by atoms with Crippen LogP contribution in [0.15, 0.2) is 54.9 Å². The summed E-state index contributed by atoms with van der Waals surface area (Å²) in [7, 11) is 1.58. The van der Waals surface area contributed by atoms with Crippen molar-refractivity contribution in [1.29, 1.82) is 0 Å². The van der Waals surface area contributed by atoms with E-state index < -0.39 is 0 Å².